The Morgan fingerprint density at radius 3 is 2.57 bits per heavy atom. The highest BCUT2D eigenvalue weighted by Crippen LogP contribution is 2.28. The fourth-order valence-corrected chi connectivity index (χ4v) is 2.32. The molecular formula is C16H18F3NO. The third-order valence-electron chi connectivity index (χ3n) is 3.33. The van der Waals surface area contributed by atoms with Gasteiger partial charge in [0.2, 0.25) is 0 Å². The Kier molecular flexibility index (Phi) is 5.07. The van der Waals surface area contributed by atoms with Crippen LogP contribution < -0.4 is 10.1 Å². The molecule has 114 valence electrons. The highest BCUT2D eigenvalue weighted by molar-refractivity contribution is 5.87. The molecule has 0 amide bonds. The van der Waals surface area contributed by atoms with Crippen LogP contribution in [0.3, 0.4) is 0 Å². The van der Waals surface area contributed by atoms with Crippen LogP contribution in [0.2, 0.25) is 0 Å². The monoisotopic (exact) mass is 297 g/mol. The topological polar surface area (TPSA) is 21.3 Å². The highest BCUT2D eigenvalue weighted by Gasteiger charge is 2.25. The lowest BCUT2D eigenvalue weighted by molar-refractivity contribution is -0.135. The first-order chi connectivity index (χ1) is 10.0. The average Bonchev–Trinajstić information content (AvgIpc) is 2.45. The number of methoxy groups -OCH3 is 1. The van der Waals surface area contributed by atoms with Crippen LogP contribution >= 0.6 is 0 Å². The lowest BCUT2D eigenvalue weighted by Gasteiger charge is -2.13. The summed E-state index contributed by atoms with van der Waals surface area (Å²) < 4.78 is 41.6. The summed E-state index contributed by atoms with van der Waals surface area (Å²) in [4.78, 5) is 0. The summed E-state index contributed by atoms with van der Waals surface area (Å²) in [5, 5.41) is 5.21. The molecule has 0 unspecified atom stereocenters. The van der Waals surface area contributed by atoms with Gasteiger partial charge in [-0.15, -0.1) is 0 Å². The molecule has 5 heteroatoms. The van der Waals surface area contributed by atoms with Crippen LogP contribution in [-0.4, -0.2) is 19.8 Å². The van der Waals surface area contributed by atoms with Crippen molar-refractivity contribution < 1.29 is 17.9 Å². The van der Waals surface area contributed by atoms with Gasteiger partial charge in [0.25, 0.3) is 0 Å². The van der Waals surface area contributed by atoms with E-state index >= 15 is 0 Å². The maximum absolute atomic E-state index is 12.1. The molecule has 0 aliphatic carbocycles. The van der Waals surface area contributed by atoms with E-state index in [4.69, 9.17) is 4.74 Å². The van der Waals surface area contributed by atoms with E-state index in [0.717, 1.165) is 22.1 Å². The molecular weight excluding hydrogens is 279 g/mol. The maximum atomic E-state index is 12.1. The standard InChI is InChI=1S/C16H18F3NO/c1-21-15-8-7-12-5-2-3-6-13(12)14(15)11-20-10-4-9-16(17,18)19/h2-3,5-8,20H,4,9-11H2,1H3. The van der Waals surface area contributed by atoms with Crippen LogP contribution in [-0.2, 0) is 6.54 Å². The van der Waals surface area contributed by atoms with E-state index in [-0.39, 0.29) is 6.42 Å². The fourth-order valence-electron chi connectivity index (χ4n) is 2.32. The molecule has 1 N–H and O–H groups in total. The molecule has 0 saturated carbocycles. The minimum absolute atomic E-state index is 0.0799. The summed E-state index contributed by atoms with van der Waals surface area (Å²) in [6.07, 6.45) is -4.76. The summed E-state index contributed by atoms with van der Waals surface area (Å²) in [7, 11) is 1.59. The third kappa shape index (κ3) is 4.36. The van der Waals surface area contributed by atoms with Crippen molar-refractivity contribution >= 4 is 10.8 Å². The van der Waals surface area contributed by atoms with E-state index in [1.165, 1.54) is 0 Å². The van der Waals surface area contributed by atoms with E-state index in [2.05, 4.69) is 5.32 Å². The van der Waals surface area contributed by atoms with Gasteiger partial charge in [0.15, 0.2) is 0 Å². The predicted molar refractivity (Wildman–Crippen MR) is 77.5 cm³/mol. The largest absolute Gasteiger partial charge is 0.496 e. The van der Waals surface area contributed by atoms with Gasteiger partial charge in [0.05, 0.1) is 7.11 Å². The number of benzene rings is 2. The summed E-state index contributed by atoms with van der Waals surface area (Å²) in [6.45, 7) is 0.814. The number of halogens is 3. The number of hydrogen-bond donors (Lipinski definition) is 1. The van der Waals surface area contributed by atoms with Gasteiger partial charge in [0.1, 0.15) is 5.75 Å². The highest BCUT2D eigenvalue weighted by atomic mass is 19.4. The molecule has 0 saturated heterocycles. The average molecular weight is 297 g/mol. The third-order valence-corrected chi connectivity index (χ3v) is 3.33. The molecule has 0 aliphatic rings. The van der Waals surface area contributed by atoms with E-state index in [9.17, 15) is 13.2 Å². The Hall–Kier alpha value is -1.75. The van der Waals surface area contributed by atoms with Gasteiger partial charge in [-0.05, 0) is 29.8 Å². The Balaban J connectivity index is 2.03. The van der Waals surface area contributed by atoms with Crippen molar-refractivity contribution in [3.63, 3.8) is 0 Å². The first-order valence-corrected chi connectivity index (χ1v) is 6.83. The number of alkyl halides is 3. The summed E-state index contributed by atoms with van der Waals surface area (Å²) >= 11 is 0. The quantitative estimate of drug-likeness (QED) is 0.804. The van der Waals surface area contributed by atoms with Gasteiger partial charge in [-0.3, -0.25) is 0 Å². The number of fused-ring (bicyclic) bond motifs is 1. The molecule has 0 spiro atoms. The van der Waals surface area contributed by atoms with Crippen LogP contribution in [0.5, 0.6) is 5.75 Å². The van der Waals surface area contributed by atoms with Crippen LogP contribution in [0.1, 0.15) is 18.4 Å². The van der Waals surface area contributed by atoms with Crippen molar-refractivity contribution in [3.8, 4) is 5.75 Å². The molecule has 0 aliphatic heterocycles. The SMILES string of the molecule is COc1ccc2ccccc2c1CNCCCC(F)(F)F. The lowest BCUT2D eigenvalue weighted by Crippen LogP contribution is -2.18. The van der Waals surface area contributed by atoms with Crippen molar-refractivity contribution in [1.82, 2.24) is 5.32 Å². The number of nitrogens with one attached hydrogen (secondary N) is 1. The summed E-state index contributed by atoms with van der Waals surface area (Å²) in [6, 6.07) is 11.7. The number of rotatable bonds is 6. The molecule has 0 bridgehead atoms. The molecule has 0 fully saturated rings. The van der Waals surface area contributed by atoms with Crippen LogP contribution in [0, 0.1) is 0 Å². The van der Waals surface area contributed by atoms with Gasteiger partial charge in [-0.2, -0.15) is 13.2 Å². The van der Waals surface area contributed by atoms with Crippen LogP contribution in [0.15, 0.2) is 36.4 Å². The van der Waals surface area contributed by atoms with Crippen molar-refractivity contribution in [3.05, 3.63) is 42.0 Å². The zero-order chi connectivity index (χ0) is 15.3. The minimum atomic E-state index is -4.08. The van der Waals surface area contributed by atoms with E-state index in [1.807, 2.05) is 36.4 Å². The van der Waals surface area contributed by atoms with Gasteiger partial charge in [-0.1, -0.05) is 30.3 Å². The van der Waals surface area contributed by atoms with Crippen LogP contribution in [0.4, 0.5) is 13.2 Å². The van der Waals surface area contributed by atoms with E-state index in [1.54, 1.807) is 7.11 Å². The summed E-state index contributed by atoms with van der Waals surface area (Å²) in [5.74, 6) is 0.747. The van der Waals surface area contributed by atoms with Gasteiger partial charge in [-0.25, -0.2) is 0 Å². The first kappa shape index (κ1) is 15.6. The molecule has 0 aromatic heterocycles. The second kappa shape index (κ2) is 6.80. The zero-order valence-electron chi connectivity index (χ0n) is 11.8. The molecule has 0 atom stereocenters. The number of hydrogen-bond acceptors (Lipinski definition) is 2. The maximum Gasteiger partial charge on any atom is 0.389 e. The smallest absolute Gasteiger partial charge is 0.389 e. The predicted octanol–water partition coefficient (Wildman–Crippen LogP) is 4.28. The fraction of sp³-hybridized carbons (Fsp3) is 0.375. The second-order valence-electron chi connectivity index (χ2n) is 4.86. The van der Waals surface area contributed by atoms with E-state index in [0.29, 0.717) is 13.1 Å². The van der Waals surface area contributed by atoms with Gasteiger partial charge < -0.3 is 10.1 Å². The molecule has 2 aromatic rings. The Bertz CT molecular complexity index is 596. The summed E-state index contributed by atoms with van der Waals surface area (Å²) in [5.41, 5.74) is 0.975. The van der Waals surface area contributed by atoms with Crippen molar-refractivity contribution in [2.45, 2.75) is 25.6 Å². The Morgan fingerprint density at radius 1 is 1.10 bits per heavy atom. The molecule has 2 rings (SSSR count). The van der Waals surface area contributed by atoms with Crippen molar-refractivity contribution in [2.24, 2.45) is 0 Å². The van der Waals surface area contributed by atoms with Gasteiger partial charge in [0, 0.05) is 18.5 Å². The van der Waals surface area contributed by atoms with Gasteiger partial charge >= 0.3 is 6.18 Å². The second-order valence-corrected chi connectivity index (χ2v) is 4.86. The normalized spacial score (nSPS) is 11.8. The molecule has 21 heavy (non-hydrogen) atoms. The lowest BCUT2D eigenvalue weighted by atomic mass is 10.0. The molecule has 2 nitrogen and oxygen atoms in total. The molecule has 0 heterocycles. The zero-order valence-corrected chi connectivity index (χ0v) is 11.8. The molecule has 2 aromatic carbocycles. The van der Waals surface area contributed by atoms with Crippen molar-refractivity contribution in [1.29, 1.82) is 0 Å². The van der Waals surface area contributed by atoms with Crippen LogP contribution in [0.25, 0.3) is 10.8 Å². The first-order valence-electron chi connectivity index (χ1n) is 6.83. The molecule has 0 radical (unpaired) electrons. The van der Waals surface area contributed by atoms with Crippen molar-refractivity contribution in [2.75, 3.05) is 13.7 Å². The minimum Gasteiger partial charge on any atom is -0.496 e. The van der Waals surface area contributed by atoms with E-state index < -0.39 is 12.6 Å². The number of ether oxygens (including phenoxy) is 1. The Labute approximate surface area is 121 Å². The Morgan fingerprint density at radius 2 is 1.86 bits per heavy atom.